The molecule has 1 amide bonds. The third kappa shape index (κ3) is 3.49. The van der Waals surface area contributed by atoms with Crippen LogP contribution in [0.2, 0.25) is 5.02 Å². The van der Waals surface area contributed by atoms with Gasteiger partial charge in [-0.15, -0.1) is 0 Å². The van der Waals surface area contributed by atoms with E-state index in [-0.39, 0.29) is 5.92 Å². The monoisotopic (exact) mass is 355 g/mol. The molecule has 2 aliphatic heterocycles. The van der Waals surface area contributed by atoms with Gasteiger partial charge < -0.3 is 9.80 Å². The molecule has 0 saturated carbocycles. The molecule has 1 fully saturated rings. The molecule has 0 atom stereocenters. The molecule has 4 nitrogen and oxygen atoms in total. The standard InChI is InChI=1S/C20H22ClN3O/c21-18-5-6-19(22-13-18)23-10-8-16(9-11-23)20(25)24-12-7-15-3-1-2-4-17(15)14-24/h1-6,13,16H,7-12,14H2. The second kappa shape index (κ2) is 7.04. The van der Waals surface area contributed by atoms with Crippen LogP contribution in [0, 0.1) is 5.92 Å². The van der Waals surface area contributed by atoms with Gasteiger partial charge in [-0.05, 0) is 42.5 Å². The van der Waals surface area contributed by atoms with Crippen molar-refractivity contribution < 1.29 is 4.79 Å². The lowest BCUT2D eigenvalue weighted by Gasteiger charge is -2.36. The van der Waals surface area contributed by atoms with E-state index in [1.807, 2.05) is 17.0 Å². The van der Waals surface area contributed by atoms with E-state index < -0.39 is 0 Å². The van der Waals surface area contributed by atoms with Gasteiger partial charge in [-0.2, -0.15) is 0 Å². The fourth-order valence-electron chi connectivity index (χ4n) is 3.85. The first-order valence-electron chi connectivity index (χ1n) is 8.93. The minimum atomic E-state index is 0.133. The molecule has 0 radical (unpaired) electrons. The maximum absolute atomic E-state index is 12.9. The number of carbonyl (C=O) groups excluding carboxylic acids is 1. The number of amides is 1. The lowest BCUT2D eigenvalue weighted by Crippen LogP contribution is -2.44. The average Bonchev–Trinajstić information content (AvgIpc) is 2.68. The summed E-state index contributed by atoms with van der Waals surface area (Å²) < 4.78 is 0. The lowest BCUT2D eigenvalue weighted by molar-refractivity contribution is -0.137. The number of benzene rings is 1. The molecule has 2 aromatic rings. The van der Waals surface area contributed by atoms with E-state index in [1.165, 1.54) is 11.1 Å². The first-order valence-corrected chi connectivity index (χ1v) is 9.30. The summed E-state index contributed by atoms with van der Waals surface area (Å²) in [6, 6.07) is 12.3. The first-order chi connectivity index (χ1) is 12.2. The van der Waals surface area contributed by atoms with Gasteiger partial charge in [-0.3, -0.25) is 4.79 Å². The Labute approximate surface area is 153 Å². The summed E-state index contributed by atoms with van der Waals surface area (Å²) in [5.74, 6) is 1.40. The molecule has 0 bridgehead atoms. The van der Waals surface area contributed by atoms with Crippen LogP contribution in [-0.4, -0.2) is 35.4 Å². The van der Waals surface area contributed by atoms with Gasteiger partial charge in [0.05, 0.1) is 5.02 Å². The number of nitrogens with zero attached hydrogens (tertiary/aromatic N) is 3. The Hall–Kier alpha value is -2.07. The highest BCUT2D eigenvalue weighted by Gasteiger charge is 2.30. The predicted molar refractivity (Wildman–Crippen MR) is 99.7 cm³/mol. The molecule has 0 unspecified atom stereocenters. The summed E-state index contributed by atoms with van der Waals surface area (Å²) in [4.78, 5) is 21.6. The molecule has 1 aromatic heterocycles. The van der Waals surface area contributed by atoms with Crippen LogP contribution in [-0.2, 0) is 17.8 Å². The maximum atomic E-state index is 12.9. The third-order valence-corrected chi connectivity index (χ3v) is 5.55. The molecule has 1 saturated heterocycles. The minimum absolute atomic E-state index is 0.133. The van der Waals surface area contributed by atoms with E-state index in [2.05, 4.69) is 34.1 Å². The van der Waals surface area contributed by atoms with Crippen LogP contribution in [0.25, 0.3) is 0 Å². The molecule has 3 heterocycles. The normalized spacial score (nSPS) is 18.1. The number of hydrogen-bond acceptors (Lipinski definition) is 3. The highest BCUT2D eigenvalue weighted by Crippen LogP contribution is 2.26. The summed E-state index contributed by atoms with van der Waals surface area (Å²) in [6.45, 7) is 3.34. The molecular formula is C20H22ClN3O. The second-order valence-corrected chi connectivity index (χ2v) is 7.31. The van der Waals surface area contributed by atoms with Crippen molar-refractivity contribution in [3.05, 3.63) is 58.7 Å². The number of pyridine rings is 1. The fourth-order valence-corrected chi connectivity index (χ4v) is 3.96. The zero-order chi connectivity index (χ0) is 17.2. The van der Waals surface area contributed by atoms with Gasteiger partial charge in [0, 0.05) is 38.3 Å². The van der Waals surface area contributed by atoms with E-state index in [4.69, 9.17) is 11.6 Å². The van der Waals surface area contributed by atoms with E-state index in [0.29, 0.717) is 10.9 Å². The van der Waals surface area contributed by atoms with Crippen molar-refractivity contribution in [1.82, 2.24) is 9.88 Å². The minimum Gasteiger partial charge on any atom is -0.357 e. The zero-order valence-electron chi connectivity index (χ0n) is 14.2. The number of fused-ring (bicyclic) bond motifs is 1. The molecule has 130 valence electrons. The second-order valence-electron chi connectivity index (χ2n) is 6.87. The molecule has 25 heavy (non-hydrogen) atoms. The lowest BCUT2D eigenvalue weighted by atomic mass is 9.93. The Balaban J connectivity index is 1.36. The number of hydrogen-bond donors (Lipinski definition) is 0. The van der Waals surface area contributed by atoms with E-state index in [0.717, 1.165) is 51.3 Å². The molecule has 4 rings (SSSR count). The first kappa shape index (κ1) is 16.4. The molecule has 0 aliphatic carbocycles. The van der Waals surface area contributed by atoms with Crippen LogP contribution in [0.3, 0.4) is 0 Å². The van der Waals surface area contributed by atoms with Crippen molar-refractivity contribution in [3.8, 4) is 0 Å². The number of piperidine rings is 1. The predicted octanol–water partition coefficient (Wildman–Crippen LogP) is 3.54. The highest BCUT2D eigenvalue weighted by molar-refractivity contribution is 6.30. The van der Waals surface area contributed by atoms with E-state index >= 15 is 0 Å². The van der Waals surface area contributed by atoms with Crippen LogP contribution in [0.1, 0.15) is 24.0 Å². The molecule has 5 heteroatoms. The molecule has 2 aliphatic rings. The van der Waals surface area contributed by atoms with Crippen molar-refractivity contribution in [1.29, 1.82) is 0 Å². The summed E-state index contributed by atoms with van der Waals surface area (Å²) in [6.07, 6.45) is 4.43. The number of aromatic nitrogens is 1. The van der Waals surface area contributed by atoms with Crippen LogP contribution >= 0.6 is 11.6 Å². The Morgan fingerprint density at radius 1 is 1.04 bits per heavy atom. The molecule has 0 N–H and O–H groups in total. The van der Waals surface area contributed by atoms with Crippen molar-refractivity contribution in [2.45, 2.75) is 25.8 Å². The largest absolute Gasteiger partial charge is 0.357 e. The SMILES string of the molecule is O=C(C1CCN(c2ccc(Cl)cn2)CC1)N1CCc2ccccc2C1. The molecule has 1 aromatic carbocycles. The van der Waals surface area contributed by atoms with Crippen molar-refractivity contribution >= 4 is 23.3 Å². The molecular weight excluding hydrogens is 334 g/mol. The fraction of sp³-hybridized carbons (Fsp3) is 0.400. The number of anilines is 1. The van der Waals surface area contributed by atoms with Gasteiger partial charge in [0.25, 0.3) is 0 Å². The summed E-state index contributed by atoms with van der Waals surface area (Å²) in [5.41, 5.74) is 2.68. The van der Waals surface area contributed by atoms with Gasteiger partial charge in [-0.25, -0.2) is 4.98 Å². The van der Waals surface area contributed by atoms with Crippen LogP contribution < -0.4 is 4.90 Å². The van der Waals surface area contributed by atoms with Crippen LogP contribution in [0.4, 0.5) is 5.82 Å². The van der Waals surface area contributed by atoms with Gasteiger partial charge in [0.15, 0.2) is 0 Å². The summed E-state index contributed by atoms with van der Waals surface area (Å²) in [5, 5.41) is 0.652. The summed E-state index contributed by atoms with van der Waals surface area (Å²) >= 11 is 5.91. The smallest absolute Gasteiger partial charge is 0.226 e. The maximum Gasteiger partial charge on any atom is 0.226 e. The van der Waals surface area contributed by atoms with E-state index in [1.54, 1.807) is 6.20 Å². The Morgan fingerprint density at radius 2 is 1.80 bits per heavy atom. The van der Waals surface area contributed by atoms with Gasteiger partial charge in [-0.1, -0.05) is 35.9 Å². The van der Waals surface area contributed by atoms with Crippen molar-refractivity contribution in [3.63, 3.8) is 0 Å². The van der Waals surface area contributed by atoms with Crippen molar-refractivity contribution in [2.75, 3.05) is 24.5 Å². The number of halogens is 1. The quantitative estimate of drug-likeness (QED) is 0.826. The van der Waals surface area contributed by atoms with Gasteiger partial charge in [0.1, 0.15) is 5.82 Å². The topological polar surface area (TPSA) is 36.4 Å². The number of carbonyl (C=O) groups is 1. The Kier molecular flexibility index (Phi) is 4.62. The highest BCUT2D eigenvalue weighted by atomic mass is 35.5. The zero-order valence-corrected chi connectivity index (χ0v) is 15.0. The third-order valence-electron chi connectivity index (χ3n) is 5.32. The number of rotatable bonds is 2. The van der Waals surface area contributed by atoms with Crippen LogP contribution in [0.5, 0.6) is 0 Å². The summed E-state index contributed by atoms with van der Waals surface area (Å²) in [7, 11) is 0. The molecule has 0 spiro atoms. The van der Waals surface area contributed by atoms with Crippen molar-refractivity contribution in [2.24, 2.45) is 5.92 Å². The Bertz CT molecular complexity index is 754. The van der Waals surface area contributed by atoms with Gasteiger partial charge in [0.2, 0.25) is 5.91 Å². The average molecular weight is 356 g/mol. The Morgan fingerprint density at radius 3 is 2.52 bits per heavy atom. The van der Waals surface area contributed by atoms with Gasteiger partial charge >= 0.3 is 0 Å². The van der Waals surface area contributed by atoms with Crippen LogP contribution in [0.15, 0.2) is 42.6 Å². The van der Waals surface area contributed by atoms with E-state index in [9.17, 15) is 4.79 Å².